The molecule has 2 N–H and O–H groups in total. The van der Waals surface area contributed by atoms with Crippen molar-refractivity contribution in [1.82, 2.24) is 15.5 Å². The second-order valence-corrected chi connectivity index (χ2v) is 7.49. The van der Waals surface area contributed by atoms with E-state index in [0.29, 0.717) is 23.0 Å². The molecule has 0 spiro atoms. The van der Waals surface area contributed by atoms with E-state index >= 15 is 0 Å². The van der Waals surface area contributed by atoms with Crippen LogP contribution in [0.5, 0.6) is 5.75 Å². The van der Waals surface area contributed by atoms with E-state index in [1.165, 1.54) is 0 Å². The van der Waals surface area contributed by atoms with Crippen LogP contribution in [0, 0.1) is 0 Å². The summed E-state index contributed by atoms with van der Waals surface area (Å²) in [6.45, 7) is 1.44. The number of aromatic nitrogens is 2. The number of anilines is 2. The van der Waals surface area contributed by atoms with Crippen molar-refractivity contribution < 1.29 is 14.1 Å². The number of methoxy groups -OCH3 is 1. The van der Waals surface area contributed by atoms with Gasteiger partial charge in [0.2, 0.25) is 0 Å². The fourth-order valence-corrected chi connectivity index (χ4v) is 3.74. The molecule has 2 unspecified atom stereocenters. The van der Waals surface area contributed by atoms with Crippen LogP contribution in [0.2, 0.25) is 5.02 Å². The van der Waals surface area contributed by atoms with E-state index in [1.54, 1.807) is 50.0 Å². The second kappa shape index (κ2) is 9.04. The molecule has 9 heteroatoms. The highest BCUT2D eigenvalue weighted by atomic mass is 35.5. The van der Waals surface area contributed by atoms with Gasteiger partial charge in [0.1, 0.15) is 12.0 Å². The summed E-state index contributed by atoms with van der Waals surface area (Å²) in [5.41, 5.74) is 2.48. The third-order valence-corrected chi connectivity index (χ3v) is 5.44. The summed E-state index contributed by atoms with van der Waals surface area (Å²) in [5, 5.41) is 10.4. The molecule has 0 bridgehead atoms. The normalized spacial score (nSPS) is 18.7. The van der Waals surface area contributed by atoms with Crippen molar-refractivity contribution in [2.45, 2.75) is 18.4 Å². The van der Waals surface area contributed by atoms with Gasteiger partial charge in [0.25, 0.3) is 0 Å². The average molecular weight is 428 g/mol. The van der Waals surface area contributed by atoms with Crippen LogP contribution in [-0.4, -0.2) is 42.4 Å². The Balaban J connectivity index is 1.50. The minimum atomic E-state index is -0.265. The van der Waals surface area contributed by atoms with E-state index in [9.17, 15) is 4.79 Å². The molecule has 1 aromatic carbocycles. The predicted octanol–water partition coefficient (Wildman–Crippen LogP) is 3.92. The maximum atomic E-state index is 12.6. The van der Waals surface area contributed by atoms with Crippen molar-refractivity contribution in [3.8, 4) is 5.75 Å². The van der Waals surface area contributed by atoms with Crippen LogP contribution in [0.15, 0.2) is 59.6 Å². The Labute approximate surface area is 179 Å². The van der Waals surface area contributed by atoms with Crippen molar-refractivity contribution in [1.29, 1.82) is 0 Å². The Morgan fingerprint density at radius 1 is 1.23 bits per heavy atom. The van der Waals surface area contributed by atoms with Gasteiger partial charge in [-0.25, -0.2) is 4.79 Å². The number of nitrogens with zero attached hydrogens (tertiary/aromatic N) is 3. The molecule has 3 aromatic rings. The van der Waals surface area contributed by atoms with Crippen molar-refractivity contribution >= 4 is 29.0 Å². The number of pyridine rings is 1. The summed E-state index contributed by atoms with van der Waals surface area (Å²) in [4.78, 5) is 19.4. The van der Waals surface area contributed by atoms with E-state index in [0.717, 1.165) is 24.3 Å². The van der Waals surface area contributed by atoms with E-state index in [1.807, 2.05) is 12.1 Å². The number of carbonyl (C=O) groups excluding carboxylic acids is 1. The number of hydrogen-bond donors (Lipinski definition) is 2. The maximum Gasteiger partial charge on any atom is 0.319 e. The topological polar surface area (TPSA) is 92.5 Å². The molecule has 1 aliphatic rings. The van der Waals surface area contributed by atoms with Crippen molar-refractivity contribution in [2.24, 2.45) is 0 Å². The molecule has 0 aliphatic carbocycles. The number of urea groups is 1. The average Bonchev–Trinajstić information content (AvgIpc) is 3.31. The van der Waals surface area contributed by atoms with E-state index in [-0.39, 0.29) is 18.0 Å². The zero-order chi connectivity index (χ0) is 20.9. The van der Waals surface area contributed by atoms with Crippen molar-refractivity contribution in [3.05, 3.63) is 65.8 Å². The van der Waals surface area contributed by atoms with Crippen LogP contribution >= 0.6 is 11.6 Å². The molecule has 3 heterocycles. The highest BCUT2D eigenvalue weighted by molar-refractivity contribution is 6.30. The Morgan fingerprint density at radius 3 is 2.73 bits per heavy atom. The van der Waals surface area contributed by atoms with Crippen LogP contribution in [0.3, 0.4) is 0 Å². The summed E-state index contributed by atoms with van der Waals surface area (Å²) in [7, 11) is 1.61. The summed E-state index contributed by atoms with van der Waals surface area (Å²) in [6.07, 6.45) is 5.76. The van der Waals surface area contributed by atoms with Gasteiger partial charge in [0, 0.05) is 41.5 Å². The molecular weight excluding hydrogens is 406 g/mol. The molecule has 2 amide bonds. The molecule has 2 atom stereocenters. The maximum absolute atomic E-state index is 12.6. The molecule has 1 fully saturated rings. The Bertz CT molecular complexity index is 963. The first-order valence-electron chi connectivity index (χ1n) is 9.60. The summed E-state index contributed by atoms with van der Waals surface area (Å²) in [6, 6.07) is 10.5. The number of benzene rings is 1. The number of nitrogens with one attached hydrogen (secondary N) is 2. The zero-order valence-corrected chi connectivity index (χ0v) is 17.2. The monoisotopic (exact) mass is 427 g/mol. The largest absolute Gasteiger partial charge is 0.495 e. The molecule has 2 aromatic heterocycles. The van der Waals surface area contributed by atoms with Crippen LogP contribution in [0.1, 0.15) is 18.0 Å². The minimum absolute atomic E-state index is 0.0180. The number of hydrogen-bond acceptors (Lipinski definition) is 6. The van der Waals surface area contributed by atoms with Gasteiger partial charge < -0.3 is 24.8 Å². The second-order valence-electron chi connectivity index (χ2n) is 7.06. The first kappa shape index (κ1) is 20.0. The van der Waals surface area contributed by atoms with Crippen molar-refractivity contribution in [3.63, 3.8) is 0 Å². The van der Waals surface area contributed by atoms with Gasteiger partial charge in [-0.15, -0.1) is 0 Å². The van der Waals surface area contributed by atoms with Crippen molar-refractivity contribution in [2.75, 3.05) is 30.4 Å². The van der Waals surface area contributed by atoms with Gasteiger partial charge >= 0.3 is 6.03 Å². The first-order chi connectivity index (χ1) is 14.6. The number of piperidine rings is 1. The number of amides is 2. The van der Waals surface area contributed by atoms with Gasteiger partial charge in [0.15, 0.2) is 0 Å². The SMILES string of the molecule is COc1ccc(C2CN(c3cnoc3)CCC2NC(=O)Nc2ccc(Cl)cc2)nc1. The third-order valence-electron chi connectivity index (χ3n) is 5.19. The van der Waals surface area contributed by atoms with E-state index in [4.69, 9.17) is 20.9 Å². The first-order valence-corrected chi connectivity index (χ1v) is 9.97. The van der Waals surface area contributed by atoms with Gasteiger partial charge in [-0.05, 0) is 42.8 Å². The van der Waals surface area contributed by atoms with Gasteiger partial charge in [-0.1, -0.05) is 16.8 Å². The fraction of sp³-hybridized carbons (Fsp3) is 0.286. The third kappa shape index (κ3) is 4.65. The van der Waals surface area contributed by atoms with Gasteiger partial charge in [0.05, 0.1) is 25.2 Å². The summed E-state index contributed by atoms with van der Waals surface area (Å²) >= 11 is 5.91. The molecule has 1 saturated heterocycles. The standard InChI is InChI=1S/C21H22ClN5O3/c1-29-17-6-7-19(23-11-17)18-12-27(16-10-24-30-13-16)9-8-20(18)26-21(28)25-15-4-2-14(22)3-5-15/h2-7,10-11,13,18,20H,8-9,12H2,1H3,(H2,25,26,28). The Kier molecular flexibility index (Phi) is 6.04. The minimum Gasteiger partial charge on any atom is -0.495 e. The van der Waals surface area contributed by atoms with Gasteiger partial charge in [-0.3, -0.25) is 4.98 Å². The molecule has 1 aliphatic heterocycles. The Morgan fingerprint density at radius 2 is 2.07 bits per heavy atom. The summed E-state index contributed by atoms with van der Waals surface area (Å²) in [5.74, 6) is 0.672. The summed E-state index contributed by atoms with van der Waals surface area (Å²) < 4.78 is 10.2. The highest BCUT2D eigenvalue weighted by Gasteiger charge is 2.33. The lowest BCUT2D eigenvalue weighted by Crippen LogP contribution is -2.51. The quantitative estimate of drug-likeness (QED) is 0.641. The van der Waals surface area contributed by atoms with Gasteiger partial charge in [-0.2, -0.15) is 0 Å². The predicted molar refractivity (Wildman–Crippen MR) is 114 cm³/mol. The van der Waals surface area contributed by atoms with Crippen LogP contribution in [-0.2, 0) is 0 Å². The number of halogens is 1. The molecule has 0 radical (unpaired) electrons. The van der Waals surface area contributed by atoms with Crippen LogP contribution in [0.4, 0.5) is 16.2 Å². The lowest BCUT2D eigenvalue weighted by Gasteiger charge is -2.39. The number of carbonyl (C=O) groups is 1. The van der Waals surface area contributed by atoms with E-state index in [2.05, 4.69) is 25.7 Å². The lowest BCUT2D eigenvalue weighted by atomic mass is 9.88. The van der Waals surface area contributed by atoms with Crippen LogP contribution < -0.4 is 20.3 Å². The molecule has 156 valence electrons. The molecule has 0 saturated carbocycles. The number of rotatable bonds is 5. The fourth-order valence-electron chi connectivity index (χ4n) is 3.62. The number of ether oxygens (including phenoxy) is 1. The molecule has 4 rings (SSSR count). The zero-order valence-electron chi connectivity index (χ0n) is 16.4. The van der Waals surface area contributed by atoms with E-state index < -0.39 is 0 Å². The van der Waals surface area contributed by atoms with Crippen LogP contribution in [0.25, 0.3) is 0 Å². The Hall–Kier alpha value is -3.26. The molecule has 8 nitrogen and oxygen atoms in total. The lowest BCUT2D eigenvalue weighted by molar-refractivity contribution is 0.243. The molecular formula is C21H22ClN5O3. The highest BCUT2D eigenvalue weighted by Crippen LogP contribution is 2.30. The molecule has 30 heavy (non-hydrogen) atoms. The smallest absolute Gasteiger partial charge is 0.319 e.